The van der Waals surface area contributed by atoms with E-state index in [2.05, 4.69) is 20.6 Å². The zero-order valence-electron chi connectivity index (χ0n) is 11.1. The lowest BCUT2D eigenvalue weighted by molar-refractivity contribution is 0.0697. The lowest BCUT2D eigenvalue weighted by Crippen LogP contribution is -2.13. The molecule has 8 heteroatoms. The minimum Gasteiger partial charge on any atom is -0.477 e. The highest BCUT2D eigenvalue weighted by Crippen LogP contribution is 2.18. The van der Waals surface area contributed by atoms with Crippen LogP contribution in [0.5, 0.6) is 0 Å². The smallest absolute Gasteiger partial charge is 0.341 e. The van der Waals surface area contributed by atoms with Gasteiger partial charge in [0.15, 0.2) is 0 Å². The van der Waals surface area contributed by atoms with E-state index in [1.807, 2.05) is 11.6 Å². The van der Waals surface area contributed by atoms with Gasteiger partial charge in [0, 0.05) is 27.1 Å². The first kappa shape index (κ1) is 13.1. The molecule has 0 amide bonds. The van der Waals surface area contributed by atoms with Gasteiger partial charge in [0.2, 0.25) is 0 Å². The van der Waals surface area contributed by atoms with Gasteiger partial charge >= 0.3 is 5.97 Å². The Bertz CT molecular complexity index is 600. The summed E-state index contributed by atoms with van der Waals surface area (Å²) in [6.07, 6.45) is 2.28. The first-order valence-electron chi connectivity index (χ1n) is 5.84. The van der Waals surface area contributed by atoms with Crippen LogP contribution in [0.4, 0.5) is 5.82 Å². The van der Waals surface area contributed by atoms with E-state index in [0.717, 1.165) is 5.82 Å². The van der Waals surface area contributed by atoms with Crippen LogP contribution in [0, 0.1) is 6.92 Å². The van der Waals surface area contributed by atoms with E-state index in [4.69, 9.17) is 5.11 Å². The third kappa shape index (κ3) is 2.56. The molecular weight excluding hydrogens is 248 g/mol. The first-order chi connectivity index (χ1) is 9.00. The van der Waals surface area contributed by atoms with Crippen molar-refractivity contribution in [3.05, 3.63) is 23.4 Å². The van der Waals surface area contributed by atoms with Crippen molar-refractivity contribution < 1.29 is 9.90 Å². The minimum atomic E-state index is -0.980. The molecule has 2 aromatic heterocycles. The number of carboxylic acids is 1. The Hall–Kier alpha value is -2.38. The van der Waals surface area contributed by atoms with E-state index in [1.165, 1.54) is 4.68 Å². The Kier molecular flexibility index (Phi) is 3.50. The molecule has 0 radical (unpaired) electrons. The number of nitrogens with zero attached hydrogens (tertiary/aromatic N) is 5. The summed E-state index contributed by atoms with van der Waals surface area (Å²) in [6, 6.07) is 0. The summed E-state index contributed by atoms with van der Waals surface area (Å²) in [4.78, 5) is 11.2. The van der Waals surface area contributed by atoms with Gasteiger partial charge in [0.25, 0.3) is 0 Å². The normalized spacial score (nSPS) is 10.7. The van der Waals surface area contributed by atoms with Gasteiger partial charge in [-0.15, -0.1) is 10.2 Å². The third-order valence-electron chi connectivity index (χ3n) is 2.88. The molecule has 0 bridgehead atoms. The summed E-state index contributed by atoms with van der Waals surface area (Å²) in [5.74, 6) is 0.363. The van der Waals surface area contributed by atoms with Crippen LogP contribution in [-0.2, 0) is 20.5 Å². The van der Waals surface area contributed by atoms with Crippen LogP contribution in [0.3, 0.4) is 0 Å². The predicted octanol–water partition coefficient (Wildman–Crippen LogP) is 0.210. The number of rotatable bonds is 5. The number of carbonyl (C=O) groups is 1. The van der Waals surface area contributed by atoms with Gasteiger partial charge in [-0.1, -0.05) is 0 Å². The van der Waals surface area contributed by atoms with Crippen LogP contribution in [0.25, 0.3) is 0 Å². The zero-order chi connectivity index (χ0) is 14.0. The predicted molar refractivity (Wildman–Crippen MR) is 68.1 cm³/mol. The molecule has 2 rings (SSSR count). The highest BCUT2D eigenvalue weighted by atomic mass is 16.4. The van der Waals surface area contributed by atoms with E-state index in [1.54, 1.807) is 20.3 Å². The van der Waals surface area contributed by atoms with Crippen LogP contribution < -0.4 is 5.32 Å². The number of carboxylic acid groups (broad SMARTS) is 1. The molecule has 2 N–H and O–H groups in total. The van der Waals surface area contributed by atoms with E-state index in [-0.39, 0.29) is 5.56 Å². The van der Waals surface area contributed by atoms with Gasteiger partial charge in [0.05, 0.1) is 5.69 Å². The molecule has 0 unspecified atom stereocenters. The van der Waals surface area contributed by atoms with Gasteiger partial charge in [-0.3, -0.25) is 4.68 Å². The van der Waals surface area contributed by atoms with Gasteiger partial charge in [0.1, 0.15) is 23.5 Å². The molecule has 102 valence electrons. The maximum atomic E-state index is 11.2. The standard InChI is InChI=1S/C11H16N6O2/c1-7-9(11(18)19)10(17(3)15-7)12-5-4-8-14-13-6-16(8)2/h6,12H,4-5H2,1-3H3,(H,18,19). The van der Waals surface area contributed by atoms with Crippen LogP contribution in [0.15, 0.2) is 6.33 Å². The number of anilines is 1. The Morgan fingerprint density at radius 2 is 2.21 bits per heavy atom. The molecule has 0 fully saturated rings. The second kappa shape index (κ2) is 5.09. The maximum Gasteiger partial charge on any atom is 0.341 e. The summed E-state index contributed by atoms with van der Waals surface area (Å²) in [6.45, 7) is 2.24. The Morgan fingerprint density at radius 1 is 1.47 bits per heavy atom. The van der Waals surface area contributed by atoms with Crippen molar-refractivity contribution in [2.24, 2.45) is 14.1 Å². The summed E-state index contributed by atoms with van der Waals surface area (Å²) >= 11 is 0. The number of hydrogen-bond acceptors (Lipinski definition) is 5. The molecule has 0 aliphatic heterocycles. The van der Waals surface area contributed by atoms with E-state index in [9.17, 15) is 4.79 Å². The quantitative estimate of drug-likeness (QED) is 0.801. The van der Waals surface area contributed by atoms with E-state index >= 15 is 0 Å². The van der Waals surface area contributed by atoms with Crippen molar-refractivity contribution in [3.8, 4) is 0 Å². The molecule has 0 aliphatic carbocycles. The molecule has 0 saturated heterocycles. The average Bonchev–Trinajstić information content (AvgIpc) is 2.84. The summed E-state index contributed by atoms with van der Waals surface area (Å²) in [7, 11) is 3.58. The van der Waals surface area contributed by atoms with Crippen molar-refractivity contribution in [1.82, 2.24) is 24.5 Å². The largest absolute Gasteiger partial charge is 0.477 e. The lowest BCUT2D eigenvalue weighted by atomic mass is 10.2. The van der Waals surface area contributed by atoms with Crippen molar-refractivity contribution in [1.29, 1.82) is 0 Å². The number of aromatic nitrogens is 5. The van der Waals surface area contributed by atoms with Crippen molar-refractivity contribution in [2.45, 2.75) is 13.3 Å². The van der Waals surface area contributed by atoms with Crippen LogP contribution in [0.1, 0.15) is 21.9 Å². The zero-order valence-corrected chi connectivity index (χ0v) is 11.1. The van der Waals surface area contributed by atoms with Crippen molar-refractivity contribution in [2.75, 3.05) is 11.9 Å². The molecule has 8 nitrogen and oxygen atoms in total. The Balaban J connectivity index is 2.08. The molecule has 2 aromatic rings. The molecule has 0 aliphatic rings. The fourth-order valence-corrected chi connectivity index (χ4v) is 1.94. The number of nitrogens with one attached hydrogen (secondary N) is 1. The first-order valence-corrected chi connectivity index (χ1v) is 5.84. The topological polar surface area (TPSA) is 97.9 Å². The number of hydrogen-bond donors (Lipinski definition) is 2. The van der Waals surface area contributed by atoms with E-state index < -0.39 is 5.97 Å². The average molecular weight is 264 g/mol. The maximum absolute atomic E-state index is 11.2. The number of aryl methyl sites for hydroxylation is 3. The summed E-state index contributed by atoms with van der Waals surface area (Å²) in [5.41, 5.74) is 0.705. The van der Waals surface area contributed by atoms with Crippen LogP contribution in [0.2, 0.25) is 0 Å². The van der Waals surface area contributed by atoms with Crippen LogP contribution in [-0.4, -0.2) is 42.2 Å². The molecule has 0 saturated carbocycles. The molecule has 0 aromatic carbocycles. The Morgan fingerprint density at radius 3 is 2.79 bits per heavy atom. The molecule has 2 heterocycles. The third-order valence-corrected chi connectivity index (χ3v) is 2.88. The van der Waals surface area contributed by atoms with E-state index in [0.29, 0.717) is 24.5 Å². The lowest BCUT2D eigenvalue weighted by Gasteiger charge is -2.07. The fraction of sp³-hybridized carbons (Fsp3) is 0.455. The number of aromatic carboxylic acids is 1. The molecule has 0 spiro atoms. The van der Waals surface area contributed by atoms with Gasteiger partial charge in [-0.25, -0.2) is 4.79 Å². The molecular formula is C11H16N6O2. The second-order valence-electron chi connectivity index (χ2n) is 4.27. The Labute approximate surface area is 110 Å². The second-order valence-corrected chi connectivity index (χ2v) is 4.27. The molecule has 0 atom stereocenters. The summed E-state index contributed by atoms with van der Waals surface area (Å²) in [5, 5.41) is 24.1. The fourth-order valence-electron chi connectivity index (χ4n) is 1.94. The SMILES string of the molecule is Cc1nn(C)c(NCCc2nncn2C)c1C(=O)O. The van der Waals surface area contributed by atoms with Crippen molar-refractivity contribution in [3.63, 3.8) is 0 Å². The van der Waals surface area contributed by atoms with Gasteiger partial charge in [-0.2, -0.15) is 5.10 Å². The van der Waals surface area contributed by atoms with Crippen LogP contribution >= 0.6 is 0 Å². The summed E-state index contributed by atoms with van der Waals surface area (Å²) < 4.78 is 3.36. The minimum absolute atomic E-state index is 0.209. The highest BCUT2D eigenvalue weighted by molar-refractivity contribution is 5.94. The monoisotopic (exact) mass is 264 g/mol. The molecule has 19 heavy (non-hydrogen) atoms. The van der Waals surface area contributed by atoms with Gasteiger partial charge in [-0.05, 0) is 6.92 Å². The van der Waals surface area contributed by atoms with Crippen molar-refractivity contribution >= 4 is 11.8 Å². The van der Waals surface area contributed by atoms with Gasteiger partial charge < -0.3 is 15.0 Å². The highest BCUT2D eigenvalue weighted by Gasteiger charge is 2.19.